The largest absolute Gasteiger partial charge is 0.350 e. The van der Waals surface area contributed by atoms with E-state index in [0.717, 1.165) is 0 Å². The molecule has 2 N–H and O–H groups in total. The fraction of sp³-hybridized carbons (Fsp3) is 0.190. The Bertz CT molecular complexity index is 1270. The van der Waals surface area contributed by atoms with Gasteiger partial charge < -0.3 is 10.6 Å². The van der Waals surface area contributed by atoms with Crippen LogP contribution >= 0.6 is 0 Å². The van der Waals surface area contributed by atoms with E-state index in [1.54, 1.807) is 78.7 Å². The molecule has 0 fully saturated rings. The minimum absolute atomic E-state index is 0.0801. The highest BCUT2D eigenvalue weighted by molar-refractivity contribution is 5.95. The van der Waals surface area contributed by atoms with Gasteiger partial charge in [0.05, 0.1) is 6.54 Å². The van der Waals surface area contributed by atoms with E-state index in [2.05, 4.69) is 20.8 Å². The lowest BCUT2D eigenvalue weighted by Gasteiger charge is -2.13. The molecule has 1 unspecified atom stereocenters. The zero-order chi connectivity index (χ0) is 21.8. The summed E-state index contributed by atoms with van der Waals surface area (Å²) in [5, 5.41) is 13.9. The first-order valence-electron chi connectivity index (χ1n) is 9.75. The first-order chi connectivity index (χ1) is 15.0. The van der Waals surface area contributed by atoms with Crippen molar-refractivity contribution in [2.75, 3.05) is 10.6 Å². The molecule has 0 aliphatic carbocycles. The zero-order valence-electron chi connectivity index (χ0n) is 16.8. The Hall–Kier alpha value is -4.21. The van der Waals surface area contributed by atoms with Crippen LogP contribution in [-0.2, 0) is 16.1 Å². The molecule has 0 spiro atoms. The lowest BCUT2D eigenvalue weighted by molar-refractivity contribution is -0.119. The molecular weight excluding hydrogens is 398 g/mol. The third kappa shape index (κ3) is 4.53. The van der Waals surface area contributed by atoms with Crippen molar-refractivity contribution in [3.63, 3.8) is 0 Å². The van der Waals surface area contributed by atoms with E-state index in [-0.39, 0.29) is 30.5 Å². The van der Waals surface area contributed by atoms with Crippen LogP contribution in [0, 0.1) is 0 Å². The summed E-state index contributed by atoms with van der Waals surface area (Å²) in [5.74, 6) is -0.490. The number of benzene rings is 1. The molecule has 10 heteroatoms. The van der Waals surface area contributed by atoms with E-state index in [9.17, 15) is 14.4 Å². The molecule has 31 heavy (non-hydrogen) atoms. The van der Waals surface area contributed by atoms with Gasteiger partial charge >= 0.3 is 5.69 Å². The average Bonchev–Trinajstić information content (AvgIpc) is 3.41. The lowest BCUT2D eigenvalue weighted by atomic mass is 10.2. The Morgan fingerprint density at radius 1 is 1.03 bits per heavy atom. The van der Waals surface area contributed by atoms with E-state index >= 15 is 0 Å². The number of rotatable bonds is 7. The first-order valence-corrected chi connectivity index (χ1v) is 9.75. The normalized spacial score (nSPS) is 11.9. The number of aromatic nitrogens is 5. The molecule has 0 aliphatic rings. The van der Waals surface area contributed by atoms with E-state index in [4.69, 9.17) is 0 Å². The van der Waals surface area contributed by atoms with Gasteiger partial charge in [0.2, 0.25) is 11.8 Å². The van der Waals surface area contributed by atoms with Crippen molar-refractivity contribution in [3.8, 4) is 0 Å². The standard InChI is InChI=1S/C21H21N7O3/c1-15(27-12-5-10-22-27)20(30)24-17-7-4-6-16(14-17)23-19(29)9-13-28-21(31)26-11-3-2-8-18(26)25-28/h2-8,10-12,14-15H,9,13H2,1H3,(H,23,29)(H,24,30). The molecule has 0 aliphatic heterocycles. The lowest BCUT2D eigenvalue weighted by Crippen LogP contribution is -2.24. The van der Waals surface area contributed by atoms with Gasteiger partial charge in [-0.05, 0) is 43.3 Å². The molecule has 3 heterocycles. The van der Waals surface area contributed by atoms with Crippen LogP contribution in [0.3, 0.4) is 0 Å². The maximum atomic E-state index is 12.4. The molecule has 4 rings (SSSR count). The van der Waals surface area contributed by atoms with E-state index in [1.807, 2.05) is 0 Å². The Labute approximate surface area is 177 Å². The van der Waals surface area contributed by atoms with Crippen LogP contribution < -0.4 is 16.3 Å². The molecule has 0 radical (unpaired) electrons. The minimum atomic E-state index is -0.475. The summed E-state index contributed by atoms with van der Waals surface area (Å²) >= 11 is 0. The van der Waals surface area contributed by atoms with Crippen LogP contribution in [0.25, 0.3) is 5.65 Å². The fourth-order valence-corrected chi connectivity index (χ4v) is 3.10. The number of nitrogens with one attached hydrogen (secondary N) is 2. The minimum Gasteiger partial charge on any atom is -0.326 e. The second-order valence-electron chi connectivity index (χ2n) is 6.96. The number of pyridine rings is 1. The summed E-state index contributed by atoms with van der Waals surface area (Å²) in [7, 11) is 0. The molecular formula is C21H21N7O3. The third-order valence-corrected chi connectivity index (χ3v) is 4.75. The zero-order valence-corrected chi connectivity index (χ0v) is 16.8. The molecule has 10 nitrogen and oxygen atoms in total. The molecule has 0 saturated heterocycles. The van der Waals surface area contributed by atoms with Crippen LogP contribution in [0.4, 0.5) is 11.4 Å². The number of carbonyl (C=O) groups excluding carboxylic acids is 2. The van der Waals surface area contributed by atoms with Crippen LogP contribution in [-0.4, -0.2) is 35.8 Å². The highest BCUT2D eigenvalue weighted by atomic mass is 16.2. The Kier molecular flexibility index (Phi) is 5.61. The van der Waals surface area contributed by atoms with Crippen LogP contribution in [0.2, 0.25) is 0 Å². The van der Waals surface area contributed by atoms with E-state index in [0.29, 0.717) is 17.0 Å². The SMILES string of the molecule is CC(C(=O)Nc1cccc(NC(=O)CCn2nc3ccccn3c2=O)c1)n1cccn1. The monoisotopic (exact) mass is 419 g/mol. The van der Waals surface area contributed by atoms with Crippen molar-refractivity contribution >= 4 is 28.8 Å². The highest BCUT2D eigenvalue weighted by Crippen LogP contribution is 2.17. The van der Waals surface area contributed by atoms with Gasteiger partial charge in [-0.15, -0.1) is 5.10 Å². The second kappa shape index (κ2) is 8.66. The maximum Gasteiger partial charge on any atom is 0.350 e. The van der Waals surface area contributed by atoms with Crippen LogP contribution in [0.1, 0.15) is 19.4 Å². The summed E-state index contributed by atoms with van der Waals surface area (Å²) < 4.78 is 4.25. The van der Waals surface area contributed by atoms with Gasteiger partial charge in [-0.25, -0.2) is 9.48 Å². The Balaban J connectivity index is 1.35. The smallest absolute Gasteiger partial charge is 0.326 e. The van der Waals surface area contributed by atoms with Gasteiger partial charge in [-0.2, -0.15) is 5.10 Å². The molecule has 1 atom stereocenters. The van der Waals surface area contributed by atoms with Crippen molar-refractivity contribution in [2.45, 2.75) is 25.9 Å². The molecule has 158 valence electrons. The summed E-state index contributed by atoms with van der Waals surface area (Å²) in [4.78, 5) is 37.0. The second-order valence-corrected chi connectivity index (χ2v) is 6.96. The number of nitrogens with zero attached hydrogens (tertiary/aromatic N) is 5. The van der Waals surface area contributed by atoms with Crippen LogP contribution in [0.15, 0.2) is 71.9 Å². The summed E-state index contributed by atoms with van der Waals surface area (Å²) in [6, 6.07) is 13.4. The topological polar surface area (TPSA) is 115 Å². The van der Waals surface area contributed by atoms with Gasteiger partial charge in [-0.1, -0.05) is 12.1 Å². The van der Waals surface area contributed by atoms with Gasteiger partial charge in [0.15, 0.2) is 5.65 Å². The number of carbonyl (C=O) groups is 2. The number of aryl methyl sites for hydroxylation is 1. The fourth-order valence-electron chi connectivity index (χ4n) is 3.10. The molecule has 0 bridgehead atoms. The van der Waals surface area contributed by atoms with Crippen molar-refractivity contribution < 1.29 is 9.59 Å². The summed E-state index contributed by atoms with van der Waals surface area (Å²) in [5.41, 5.74) is 1.33. The van der Waals surface area contributed by atoms with E-state index < -0.39 is 6.04 Å². The van der Waals surface area contributed by atoms with Crippen molar-refractivity contribution in [1.82, 2.24) is 24.0 Å². The van der Waals surface area contributed by atoms with Gasteiger partial charge in [-0.3, -0.25) is 18.7 Å². The first kappa shape index (κ1) is 20.1. The average molecular weight is 419 g/mol. The molecule has 1 aromatic carbocycles. The predicted molar refractivity (Wildman–Crippen MR) is 115 cm³/mol. The van der Waals surface area contributed by atoms with Gasteiger partial charge in [0.25, 0.3) is 0 Å². The predicted octanol–water partition coefficient (Wildman–Crippen LogP) is 1.92. The number of anilines is 2. The molecule has 3 aromatic heterocycles. The van der Waals surface area contributed by atoms with Crippen molar-refractivity contribution in [3.05, 3.63) is 77.6 Å². The maximum absolute atomic E-state index is 12.4. The van der Waals surface area contributed by atoms with Gasteiger partial charge in [0, 0.05) is 36.4 Å². The Morgan fingerprint density at radius 3 is 2.58 bits per heavy atom. The van der Waals surface area contributed by atoms with Gasteiger partial charge in [0.1, 0.15) is 6.04 Å². The summed E-state index contributed by atoms with van der Waals surface area (Å²) in [6.45, 7) is 1.90. The Morgan fingerprint density at radius 2 is 1.84 bits per heavy atom. The highest BCUT2D eigenvalue weighted by Gasteiger charge is 2.15. The molecule has 2 amide bonds. The van der Waals surface area contributed by atoms with Crippen molar-refractivity contribution in [2.24, 2.45) is 0 Å². The van der Waals surface area contributed by atoms with Crippen molar-refractivity contribution in [1.29, 1.82) is 0 Å². The number of hydrogen-bond donors (Lipinski definition) is 2. The quantitative estimate of drug-likeness (QED) is 0.475. The molecule has 0 saturated carbocycles. The third-order valence-electron chi connectivity index (χ3n) is 4.75. The van der Waals surface area contributed by atoms with E-state index in [1.165, 1.54) is 9.08 Å². The number of hydrogen-bond acceptors (Lipinski definition) is 5. The number of amides is 2. The summed E-state index contributed by atoms with van der Waals surface area (Å²) in [6.07, 6.45) is 5.04. The molecule has 4 aromatic rings. The number of fused-ring (bicyclic) bond motifs is 1. The van der Waals surface area contributed by atoms with Crippen LogP contribution in [0.5, 0.6) is 0 Å².